The minimum Gasteiger partial charge on any atom is -0.481 e. The molecule has 0 aliphatic rings. The Morgan fingerprint density at radius 3 is 2.70 bits per heavy atom. The average molecular weight is 279 g/mol. The number of carbonyl (C=O) groups is 1. The van der Waals surface area contributed by atoms with Crippen molar-refractivity contribution in [1.29, 1.82) is 0 Å². The fourth-order valence-electron chi connectivity index (χ4n) is 1.90. The van der Waals surface area contributed by atoms with E-state index in [0.29, 0.717) is 25.1 Å². The topological polar surface area (TPSA) is 49.8 Å². The highest BCUT2D eigenvalue weighted by Gasteiger charge is 2.22. The second-order valence-electron chi connectivity index (χ2n) is 5.23. The largest absolute Gasteiger partial charge is 0.481 e. The van der Waals surface area contributed by atoms with Crippen molar-refractivity contribution < 1.29 is 14.6 Å². The molecule has 0 saturated carbocycles. The standard InChI is InChI=1S/C16H25NO3/c1-5-15(16(19)17(4)10-9-13(3)18)20-14-8-6-7-12(2)11-14/h6-8,11,13,15,18H,5,9-10H2,1-4H3. The quantitative estimate of drug-likeness (QED) is 0.833. The number of hydrogen-bond acceptors (Lipinski definition) is 3. The van der Waals surface area contributed by atoms with Crippen LogP contribution in [0.5, 0.6) is 5.75 Å². The molecule has 0 aliphatic carbocycles. The molecule has 1 N–H and O–H groups in total. The Kier molecular flexibility index (Phi) is 6.52. The van der Waals surface area contributed by atoms with Gasteiger partial charge in [-0.1, -0.05) is 19.1 Å². The van der Waals surface area contributed by atoms with Crippen LogP contribution in [0.3, 0.4) is 0 Å². The number of carbonyl (C=O) groups excluding carboxylic acids is 1. The summed E-state index contributed by atoms with van der Waals surface area (Å²) < 4.78 is 5.78. The second kappa shape index (κ2) is 7.90. The van der Waals surface area contributed by atoms with Crippen molar-refractivity contribution in [3.63, 3.8) is 0 Å². The van der Waals surface area contributed by atoms with Gasteiger partial charge < -0.3 is 14.7 Å². The van der Waals surface area contributed by atoms with Crippen LogP contribution in [0.4, 0.5) is 0 Å². The highest BCUT2D eigenvalue weighted by molar-refractivity contribution is 5.81. The van der Waals surface area contributed by atoms with Crippen LogP contribution in [0.25, 0.3) is 0 Å². The summed E-state index contributed by atoms with van der Waals surface area (Å²) in [5.74, 6) is 0.670. The van der Waals surface area contributed by atoms with Gasteiger partial charge >= 0.3 is 0 Å². The van der Waals surface area contributed by atoms with Crippen LogP contribution in [0.2, 0.25) is 0 Å². The lowest BCUT2D eigenvalue weighted by Crippen LogP contribution is -2.40. The maximum absolute atomic E-state index is 12.3. The monoisotopic (exact) mass is 279 g/mol. The maximum atomic E-state index is 12.3. The van der Waals surface area contributed by atoms with Crippen LogP contribution in [0.15, 0.2) is 24.3 Å². The fourth-order valence-corrected chi connectivity index (χ4v) is 1.90. The minimum atomic E-state index is -0.476. The van der Waals surface area contributed by atoms with Gasteiger partial charge in [0.25, 0.3) is 5.91 Å². The SMILES string of the molecule is CCC(Oc1cccc(C)c1)C(=O)N(C)CCC(C)O. The third kappa shape index (κ3) is 5.21. The lowest BCUT2D eigenvalue weighted by Gasteiger charge is -2.24. The molecule has 0 aliphatic heterocycles. The highest BCUT2D eigenvalue weighted by atomic mass is 16.5. The average Bonchev–Trinajstić information content (AvgIpc) is 2.41. The Bertz CT molecular complexity index is 431. The molecule has 0 radical (unpaired) electrons. The van der Waals surface area contributed by atoms with Crippen LogP contribution in [0.1, 0.15) is 32.3 Å². The number of aliphatic hydroxyl groups is 1. The molecular formula is C16H25NO3. The number of nitrogens with zero attached hydrogens (tertiary/aromatic N) is 1. The first-order valence-electron chi connectivity index (χ1n) is 7.10. The van der Waals surface area contributed by atoms with E-state index in [1.807, 2.05) is 38.1 Å². The lowest BCUT2D eigenvalue weighted by atomic mass is 10.2. The van der Waals surface area contributed by atoms with Crippen LogP contribution >= 0.6 is 0 Å². The summed E-state index contributed by atoms with van der Waals surface area (Å²) in [4.78, 5) is 13.9. The van der Waals surface area contributed by atoms with Crippen molar-refractivity contribution in [2.45, 2.75) is 45.8 Å². The molecule has 0 bridgehead atoms. The van der Waals surface area contributed by atoms with Crippen LogP contribution in [0, 0.1) is 6.92 Å². The third-order valence-corrected chi connectivity index (χ3v) is 3.17. The van der Waals surface area contributed by atoms with Gasteiger partial charge in [0, 0.05) is 13.6 Å². The minimum absolute atomic E-state index is 0.0466. The Morgan fingerprint density at radius 1 is 1.45 bits per heavy atom. The number of benzene rings is 1. The first-order chi connectivity index (χ1) is 9.43. The molecule has 112 valence electrons. The maximum Gasteiger partial charge on any atom is 0.263 e. The van der Waals surface area contributed by atoms with E-state index in [1.165, 1.54) is 0 Å². The molecule has 1 amide bonds. The summed E-state index contributed by atoms with van der Waals surface area (Å²) in [6.45, 7) is 6.17. The summed E-state index contributed by atoms with van der Waals surface area (Å²) in [7, 11) is 1.74. The van der Waals surface area contributed by atoms with Crippen molar-refractivity contribution >= 4 is 5.91 Å². The summed E-state index contributed by atoms with van der Waals surface area (Å²) in [5.41, 5.74) is 1.10. The molecule has 0 fully saturated rings. The van der Waals surface area contributed by atoms with E-state index in [4.69, 9.17) is 4.74 Å². The van der Waals surface area contributed by atoms with Gasteiger partial charge in [-0.25, -0.2) is 0 Å². The summed E-state index contributed by atoms with van der Waals surface area (Å²) in [5, 5.41) is 9.28. The zero-order valence-electron chi connectivity index (χ0n) is 12.8. The Balaban J connectivity index is 2.63. The van der Waals surface area contributed by atoms with E-state index in [-0.39, 0.29) is 5.91 Å². The molecule has 2 atom stereocenters. The summed E-state index contributed by atoms with van der Waals surface area (Å²) in [6.07, 6.45) is 0.313. The van der Waals surface area contributed by atoms with E-state index in [2.05, 4.69) is 0 Å². The molecule has 4 heteroatoms. The Morgan fingerprint density at radius 2 is 2.15 bits per heavy atom. The van der Waals surface area contributed by atoms with E-state index < -0.39 is 12.2 Å². The van der Waals surface area contributed by atoms with E-state index in [9.17, 15) is 9.90 Å². The molecule has 2 unspecified atom stereocenters. The summed E-state index contributed by atoms with van der Waals surface area (Å²) in [6, 6.07) is 7.69. The number of hydrogen-bond donors (Lipinski definition) is 1. The number of aryl methyl sites for hydroxylation is 1. The first-order valence-corrected chi connectivity index (χ1v) is 7.10. The number of amides is 1. The van der Waals surface area contributed by atoms with Gasteiger partial charge in [-0.15, -0.1) is 0 Å². The zero-order chi connectivity index (χ0) is 15.1. The van der Waals surface area contributed by atoms with Crippen LogP contribution in [-0.4, -0.2) is 41.7 Å². The molecule has 4 nitrogen and oxygen atoms in total. The van der Waals surface area contributed by atoms with Crippen molar-refractivity contribution in [3.8, 4) is 5.75 Å². The van der Waals surface area contributed by atoms with Gasteiger partial charge in [-0.3, -0.25) is 4.79 Å². The Hall–Kier alpha value is -1.55. The van der Waals surface area contributed by atoms with E-state index in [0.717, 1.165) is 5.56 Å². The normalized spacial score (nSPS) is 13.7. The molecule has 1 aromatic rings. The smallest absolute Gasteiger partial charge is 0.263 e. The van der Waals surface area contributed by atoms with E-state index >= 15 is 0 Å². The predicted molar refractivity (Wildman–Crippen MR) is 79.8 cm³/mol. The van der Waals surface area contributed by atoms with Gasteiger partial charge in [0.15, 0.2) is 6.10 Å². The molecule has 20 heavy (non-hydrogen) atoms. The second-order valence-corrected chi connectivity index (χ2v) is 5.23. The van der Waals surface area contributed by atoms with Gasteiger partial charge in [0.1, 0.15) is 5.75 Å². The Labute approximate surface area is 121 Å². The van der Waals surface area contributed by atoms with Crippen molar-refractivity contribution in [2.24, 2.45) is 0 Å². The van der Waals surface area contributed by atoms with Gasteiger partial charge in [0.2, 0.25) is 0 Å². The van der Waals surface area contributed by atoms with Gasteiger partial charge in [-0.2, -0.15) is 0 Å². The molecular weight excluding hydrogens is 254 g/mol. The number of rotatable bonds is 7. The van der Waals surface area contributed by atoms with Crippen molar-refractivity contribution in [1.82, 2.24) is 4.90 Å². The number of likely N-dealkylation sites (N-methyl/N-ethyl adjacent to an activating group) is 1. The molecule has 1 aromatic carbocycles. The molecule has 0 aromatic heterocycles. The number of aliphatic hydroxyl groups excluding tert-OH is 1. The molecule has 0 saturated heterocycles. The van der Waals surface area contributed by atoms with Gasteiger partial charge in [0.05, 0.1) is 6.10 Å². The highest BCUT2D eigenvalue weighted by Crippen LogP contribution is 2.16. The first kappa shape index (κ1) is 16.5. The lowest BCUT2D eigenvalue weighted by molar-refractivity contribution is -0.137. The number of ether oxygens (including phenoxy) is 1. The third-order valence-electron chi connectivity index (χ3n) is 3.17. The molecule has 1 rings (SSSR count). The van der Waals surface area contributed by atoms with Gasteiger partial charge in [-0.05, 0) is 44.4 Å². The molecule has 0 heterocycles. The molecule has 0 spiro atoms. The van der Waals surface area contributed by atoms with Crippen LogP contribution in [-0.2, 0) is 4.79 Å². The van der Waals surface area contributed by atoms with E-state index in [1.54, 1.807) is 18.9 Å². The zero-order valence-corrected chi connectivity index (χ0v) is 12.8. The summed E-state index contributed by atoms with van der Waals surface area (Å²) >= 11 is 0. The predicted octanol–water partition coefficient (Wildman–Crippen LogP) is 2.38. The van der Waals surface area contributed by atoms with Crippen LogP contribution < -0.4 is 4.74 Å². The van der Waals surface area contributed by atoms with Crippen molar-refractivity contribution in [3.05, 3.63) is 29.8 Å². The fraction of sp³-hybridized carbons (Fsp3) is 0.562. The van der Waals surface area contributed by atoms with Crippen molar-refractivity contribution in [2.75, 3.05) is 13.6 Å².